The third-order valence-electron chi connectivity index (χ3n) is 4.33. The van der Waals surface area contributed by atoms with Gasteiger partial charge in [-0.25, -0.2) is 4.79 Å². The van der Waals surface area contributed by atoms with Crippen molar-refractivity contribution in [1.29, 1.82) is 0 Å². The van der Waals surface area contributed by atoms with E-state index in [1.165, 1.54) is 19.2 Å². The molecule has 1 N–H and O–H groups in total. The number of esters is 1. The summed E-state index contributed by atoms with van der Waals surface area (Å²) >= 11 is 5.40. The van der Waals surface area contributed by atoms with Gasteiger partial charge < -0.3 is 19.7 Å². The molecule has 1 aromatic rings. The van der Waals surface area contributed by atoms with Crippen LogP contribution < -0.4 is 5.32 Å². The second-order valence-electron chi connectivity index (χ2n) is 6.17. The zero-order valence-corrected chi connectivity index (χ0v) is 16.2. The van der Waals surface area contributed by atoms with Crippen LogP contribution in [0.5, 0.6) is 0 Å². The molecule has 27 heavy (non-hydrogen) atoms. The summed E-state index contributed by atoms with van der Waals surface area (Å²) in [6.45, 7) is 3.90. The third-order valence-corrected chi connectivity index (χ3v) is 4.64. The number of methoxy groups -OCH3 is 2. The van der Waals surface area contributed by atoms with Gasteiger partial charge in [0.05, 0.1) is 36.9 Å². The molecular weight excluding hydrogens is 381 g/mol. The van der Waals surface area contributed by atoms with E-state index in [2.05, 4.69) is 5.32 Å². The first-order valence-corrected chi connectivity index (χ1v) is 8.57. The first kappa shape index (κ1) is 21.2. The van der Waals surface area contributed by atoms with Gasteiger partial charge in [0, 0.05) is 12.8 Å². The van der Waals surface area contributed by atoms with Crippen molar-refractivity contribution in [3.63, 3.8) is 0 Å². The van der Waals surface area contributed by atoms with Crippen LogP contribution >= 0.6 is 12.2 Å². The average molecular weight is 402 g/mol. The van der Waals surface area contributed by atoms with Crippen molar-refractivity contribution in [3.8, 4) is 0 Å². The Balaban J connectivity index is 2.57. The van der Waals surface area contributed by atoms with Gasteiger partial charge in [0.25, 0.3) is 0 Å². The highest BCUT2D eigenvalue weighted by atomic mass is 32.1. The molecule has 0 fully saturated rings. The largest absolute Gasteiger partial charge is 0.466 e. The fourth-order valence-electron chi connectivity index (χ4n) is 3.12. The number of nitrogens with one attached hydrogen (secondary N) is 1. The molecule has 9 heteroatoms. The predicted molar refractivity (Wildman–Crippen MR) is 97.8 cm³/mol. The molecule has 5 nitrogen and oxygen atoms in total. The molecule has 1 heterocycles. The zero-order chi connectivity index (χ0) is 20.4. The van der Waals surface area contributed by atoms with Crippen LogP contribution in [-0.4, -0.2) is 42.8 Å². The van der Waals surface area contributed by atoms with E-state index in [4.69, 9.17) is 21.7 Å². The molecule has 0 radical (unpaired) electrons. The number of thiocarbonyl (C=S) groups is 1. The summed E-state index contributed by atoms with van der Waals surface area (Å²) in [5, 5.41) is 3.27. The van der Waals surface area contributed by atoms with Crippen LogP contribution in [0, 0.1) is 0 Å². The molecule has 148 valence electrons. The van der Waals surface area contributed by atoms with Crippen molar-refractivity contribution in [3.05, 3.63) is 46.7 Å². The van der Waals surface area contributed by atoms with Gasteiger partial charge in [-0.2, -0.15) is 13.2 Å². The summed E-state index contributed by atoms with van der Waals surface area (Å²) in [6, 6.07) is 3.76. The maximum atomic E-state index is 13.1. The van der Waals surface area contributed by atoms with Gasteiger partial charge in [-0.05, 0) is 43.8 Å². The first-order chi connectivity index (χ1) is 12.6. The number of benzene rings is 1. The fourth-order valence-corrected chi connectivity index (χ4v) is 3.56. The van der Waals surface area contributed by atoms with E-state index in [1.54, 1.807) is 18.9 Å². The van der Waals surface area contributed by atoms with E-state index in [9.17, 15) is 18.0 Å². The summed E-state index contributed by atoms with van der Waals surface area (Å²) < 4.78 is 49.3. The lowest BCUT2D eigenvalue weighted by atomic mass is 9.93. The van der Waals surface area contributed by atoms with E-state index in [1.807, 2.05) is 6.92 Å². The van der Waals surface area contributed by atoms with Crippen molar-refractivity contribution in [2.75, 3.05) is 20.8 Å². The van der Waals surface area contributed by atoms with E-state index in [-0.39, 0.29) is 17.2 Å². The summed E-state index contributed by atoms with van der Waals surface area (Å²) in [7, 11) is 2.77. The molecular formula is C18H21F3N2O3S. The Labute approximate surface area is 161 Å². The Morgan fingerprint density at radius 2 is 2.04 bits per heavy atom. The highest BCUT2D eigenvalue weighted by molar-refractivity contribution is 7.80. The van der Waals surface area contributed by atoms with Crippen molar-refractivity contribution in [1.82, 2.24) is 10.2 Å². The lowest BCUT2D eigenvalue weighted by Gasteiger charge is -2.40. The lowest BCUT2D eigenvalue weighted by molar-refractivity contribution is -0.137. The Kier molecular flexibility index (Phi) is 6.48. The summed E-state index contributed by atoms with van der Waals surface area (Å²) in [5.74, 6) is -0.639. The smallest absolute Gasteiger partial charge is 0.416 e. The molecule has 2 atom stereocenters. The number of carbonyl (C=O) groups is 1. The number of rotatable bonds is 5. The Bertz CT molecular complexity index is 764. The summed E-state index contributed by atoms with van der Waals surface area (Å²) in [6.07, 6.45) is -4.49. The predicted octanol–water partition coefficient (Wildman–Crippen LogP) is 3.42. The van der Waals surface area contributed by atoms with E-state index < -0.39 is 23.8 Å². The molecule has 0 saturated carbocycles. The van der Waals surface area contributed by atoms with Crippen LogP contribution in [0.25, 0.3) is 0 Å². The number of alkyl halides is 3. The quantitative estimate of drug-likeness (QED) is 0.602. The van der Waals surface area contributed by atoms with Crippen LogP contribution in [0.3, 0.4) is 0 Å². The number of halogens is 3. The van der Waals surface area contributed by atoms with Crippen molar-refractivity contribution < 1.29 is 27.4 Å². The molecule has 0 aromatic heterocycles. The molecule has 0 unspecified atom stereocenters. The molecule has 0 spiro atoms. The molecule has 0 bridgehead atoms. The minimum atomic E-state index is -4.49. The molecule has 1 aromatic carbocycles. The monoisotopic (exact) mass is 402 g/mol. The van der Waals surface area contributed by atoms with E-state index >= 15 is 0 Å². The Morgan fingerprint density at radius 1 is 1.37 bits per heavy atom. The van der Waals surface area contributed by atoms with Crippen molar-refractivity contribution in [2.45, 2.75) is 32.1 Å². The fraction of sp³-hybridized carbons (Fsp3) is 0.444. The number of carbonyl (C=O) groups excluding carboxylic acids is 1. The van der Waals surface area contributed by atoms with Crippen LogP contribution in [0.15, 0.2) is 35.5 Å². The highest BCUT2D eigenvalue weighted by Crippen LogP contribution is 2.35. The van der Waals surface area contributed by atoms with Crippen LogP contribution in [0.4, 0.5) is 13.2 Å². The number of allylic oxidation sites excluding steroid dienone is 1. The Morgan fingerprint density at radius 3 is 2.59 bits per heavy atom. The van der Waals surface area contributed by atoms with E-state index in [0.29, 0.717) is 17.4 Å². The molecule has 0 aliphatic carbocycles. The minimum Gasteiger partial charge on any atom is -0.466 e. The number of nitrogens with zero attached hydrogens (tertiary/aromatic N) is 1. The minimum absolute atomic E-state index is 0.183. The molecule has 1 aliphatic heterocycles. The number of hydrogen-bond donors (Lipinski definition) is 1. The van der Waals surface area contributed by atoms with E-state index in [0.717, 1.165) is 12.1 Å². The highest BCUT2D eigenvalue weighted by Gasteiger charge is 2.37. The number of ether oxygens (including phenoxy) is 2. The standard InChI is InChI=1S/C18H21F3N2O3S/c1-10(9-25-3)23-11(2)14(16(24)26-4)15(22-17(23)27)12-6-5-7-13(8-12)18(19,20)21/h5-8,10,15H,9H2,1-4H3,(H,22,27)/t10-,15-/m0/s1. The van der Waals surface area contributed by atoms with Gasteiger partial charge in [0.2, 0.25) is 0 Å². The van der Waals surface area contributed by atoms with Crippen LogP contribution in [0.2, 0.25) is 0 Å². The zero-order valence-electron chi connectivity index (χ0n) is 15.4. The van der Waals surface area contributed by atoms with Gasteiger partial charge in [-0.1, -0.05) is 12.1 Å². The average Bonchev–Trinajstić information content (AvgIpc) is 2.60. The first-order valence-electron chi connectivity index (χ1n) is 8.16. The van der Waals surface area contributed by atoms with Gasteiger partial charge in [-0.3, -0.25) is 0 Å². The molecule has 0 amide bonds. The normalized spacial score (nSPS) is 19.0. The molecule has 1 aliphatic rings. The second-order valence-corrected chi connectivity index (χ2v) is 6.56. The van der Waals surface area contributed by atoms with Gasteiger partial charge in [0.15, 0.2) is 5.11 Å². The second kappa shape index (κ2) is 8.26. The summed E-state index contributed by atoms with van der Waals surface area (Å²) in [4.78, 5) is 14.1. The maximum Gasteiger partial charge on any atom is 0.416 e. The molecule has 2 rings (SSSR count). The van der Waals surface area contributed by atoms with Crippen molar-refractivity contribution in [2.24, 2.45) is 0 Å². The lowest BCUT2D eigenvalue weighted by Crippen LogP contribution is -2.52. The Hall–Kier alpha value is -2.13. The van der Waals surface area contributed by atoms with Crippen LogP contribution in [0.1, 0.15) is 31.0 Å². The van der Waals surface area contributed by atoms with Gasteiger partial charge in [-0.15, -0.1) is 0 Å². The third kappa shape index (κ3) is 4.41. The summed E-state index contributed by atoms with van der Waals surface area (Å²) in [5.41, 5.74) is 0.182. The van der Waals surface area contributed by atoms with Gasteiger partial charge in [0.1, 0.15) is 0 Å². The number of hydrogen-bond acceptors (Lipinski definition) is 4. The van der Waals surface area contributed by atoms with Crippen LogP contribution in [-0.2, 0) is 20.4 Å². The maximum absolute atomic E-state index is 13.1. The SMILES string of the molecule is COC[C@H](C)N1C(=S)N[C@@H](c2cccc(C(F)(F)F)c2)C(C(=O)OC)=C1C. The topological polar surface area (TPSA) is 50.8 Å². The molecule has 0 saturated heterocycles. The van der Waals surface area contributed by atoms with Gasteiger partial charge >= 0.3 is 12.1 Å². The van der Waals surface area contributed by atoms with Crippen molar-refractivity contribution >= 4 is 23.3 Å².